The average Bonchev–Trinajstić information content (AvgIpc) is 2.65. The summed E-state index contributed by atoms with van der Waals surface area (Å²) in [5, 5.41) is 9.88. The van der Waals surface area contributed by atoms with Gasteiger partial charge in [0, 0.05) is 11.6 Å². The van der Waals surface area contributed by atoms with Gasteiger partial charge in [-0.05, 0) is 31.0 Å². The first-order chi connectivity index (χ1) is 7.22. The van der Waals surface area contributed by atoms with Crippen molar-refractivity contribution in [2.75, 3.05) is 23.8 Å². The van der Waals surface area contributed by atoms with E-state index in [1.165, 1.54) is 0 Å². The quantitative estimate of drug-likeness (QED) is 0.758. The van der Waals surface area contributed by atoms with Gasteiger partial charge in [-0.2, -0.15) is 0 Å². The van der Waals surface area contributed by atoms with Gasteiger partial charge in [-0.15, -0.1) is 0 Å². The number of nitrogens with two attached hydrogens (primary N) is 1. The van der Waals surface area contributed by atoms with Crippen molar-refractivity contribution in [3.05, 3.63) is 23.2 Å². The van der Waals surface area contributed by atoms with Crippen molar-refractivity contribution in [1.29, 1.82) is 0 Å². The monoisotopic (exact) mass is 226 g/mol. The number of hydrogen-bond donors (Lipinski definition) is 2. The number of aliphatic hydroxyl groups is 1. The summed E-state index contributed by atoms with van der Waals surface area (Å²) < 4.78 is 0. The maximum atomic E-state index is 9.23. The van der Waals surface area contributed by atoms with Gasteiger partial charge in [-0.3, -0.25) is 0 Å². The zero-order valence-electron chi connectivity index (χ0n) is 8.49. The van der Waals surface area contributed by atoms with Gasteiger partial charge in [0.05, 0.1) is 24.0 Å². The lowest BCUT2D eigenvalue weighted by Gasteiger charge is -2.26. The lowest BCUT2D eigenvalue weighted by atomic mass is 10.2. The standard InChI is InChI=1S/C11H15ClN2O/c12-8-3-4-11(10(13)6-8)14-5-1-2-9(14)7-15/h3-4,6,9,15H,1-2,5,7,13H2. The molecule has 0 aromatic heterocycles. The minimum absolute atomic E-state index is 0.183. The molecule has 1 saturated heterocycles. The molecular formula is C11H15ClN2O. The summed E-state index contributed by atoms with van der Waals surface area (Å²) in [4.78, 5) is 2.16. The van der Waals surface area contributed by atoms with Crippen LogP contribution in [0.2, 0.25) is 5.02 Å². The molecule has 0 aliphatic carbocycles. The van der Waals surface area contributed by atoms with E-state index in [1.807, 2.05) is 12.1 Å². The van der Waals surface area contributed by atoms with Crippen molar-refractivity contribution in [3.63, 3.8) is 0 Å². The Hall–Kier alpha value is -0.930. The van der Waals surface area contributed by atoms with E-state index in [0.717, 1.165) is 25.1 Å². The maximum Gasteiger partial charge on any atom is 0.0635 e. The summed E-state index contributed by atoms with van der Waals surface area (Å²) in [6.07, 6.45) is 2.13. The maximum absolute atomic E-state index is 9.23. The molecule has 1 atom stereocenters. The van der Waals surface area contributed by atoms with Crippen LogP contribution in [0.5, 0.6) is 0 Å². The molecule has 1 aromatic rings. The Morgan fingerprint density at radius 2 is 2.33 bits per heavy atom. The molecule has 3 nitrogen and oxygen atoms in total. The highest BCUT2D eigenvalue weighted by molar-refractivity contribution is 6.31. The second-order valence-corrected chi connectivity index (χ2v) is 4.31. The van der Waals surface area contributed by atoms with Crippen molar-refractivity contribution in [3.8, 4) is 0 Å². The Balaban J connectivity index is 2.28. The third-order valence-electron chi connectivity index (χ3n) is 2.89. The number of aliphatic hydroxyl groups excluding tert-OH is 1. The number of hydrogen-bond acceptors (Lipinski definition) is 3. The minimum Gasteiger partial charge on any atom is -0.397 e. The summed E-state index contributed by atoms with van der Waals surface area (Å²) in [7, 11) is 0. The van der Waals surface area contributed by atoms with Crippen molar-refractivity contribution < 1.29 is 5.11 Å². The van der Waals surface area contributed by atoms with Crippen LogP contribution in [0.4, 0.5) is 11.4 Å². The van der Waals surface area contributed by atoms with E-state index in [2.05, 4.69) is 4.90 Å². The van der Waals surface area contributed by atoms with Gasteiger partial charge in [-0.25, -0.2) is 0 Å². The van der Waals surface area contributed by atoms with E-state index < -0.39 is 0 Å². The topological polar surface area (TPSA) is 49.5 Å². The van der Waals surface area contributed by atoms with Crippen LogP contribution in [0.1, 0.15) is 12.8 Å². The largest absolute Gasteiger partial charge is 0.397 e. The first-order valence-electron chi connectivity index (χ1n) is 5.15. The molecule has 2 rings (SSSR count). The molecule has 1 aliphatic rings. The van der Waals surface area contributed by atoms with Crippen molar-refractivity contribution >= 4 is 23.0 Å². The van der Waals surface area contributed by atoms with Crippen LogP contribution >= 0.6 is 11.6 Å². The van der Waals surface area contributed by atoms with Crippen LogP contribution in [0.15, 0.2) is 18.2 Å². The fourth-order valence-corrected chi connectivity index (χ4v) is 2.31. The van der Waals surface area contributed by atoms with Gasteiger partial charge < -0.3 is 15.7 Å². The SMILES string of the molecule is Nc1cc(Cl)ccc1N1CCCC1CO. The smallest absolute Gasteiger partial charge is 0.0635 e. The molecule has 15 heavy (non-hydrogen) atoms. The predicted molar refractivity (Wildman–Crippen MR) is 63.3 cm³/mol. The first kappa shape index (κ1) is 10.6. The second kappa shape index (κ2) is 4.29. The zero-order chi connectivity index (χ0) is 10.8. The molecule has 1 unspecified atom stereocenters. The van der Waals surface area contributed by atoms with Crippen molar-refractivity contribution in [1.82, 2.24) is 0 Å². The van der Waals surface area contributed by atoms with Crippen LogP contribution in [0.3, 0.4) is 0 Å². The van der Waals surface area contributed by atoms with Crippen LogP contribution in [-0.4, -0.2) is 24.3 Å². The number of rotatable bonds is 2. The first-order valence-corrected chi connectivity index (χ1v) is 5.52. The lowest BCUT2D eigenvalue weighted by molar-refractivity contribution is 0.266. The minimum atomic E-state index is 0.183. The van der Waals surface area contributed by atoms with E-state index in [0.29, 0.717) is 10.7 Å². The molecule has 0 radical (unpaired) electrons. The Labute approximate surface area is 94.4 Å². The summed E-state index contributed by atoms with van der Waals surface area (Å²) >= 11 is 5.85. The number of nitrogen functional groups attached to an aromatic ring is 1. The average molecular weight is 227 g/mol. The third kappa shape index (κ3) is 2.03. The highest BCUT2D eigenvalue weighted by atomic mass is 35.5. The Kier molecular flexibility index (Phi) is 3.03. The second-order valence-electron chi connectivity index (χ2n) is 3.88. The Morgan fingerprint density at radius 1 is 1.53 bits per heavy atom. The number of anilines is 2. The van der Waals surface area contributed by atoms with E-state index in [-0.39, 0.29) is 12.6 Å². The fraction of sp³-hybridized carbons (Fsp3) is 0.455. The highest BCUT2D eigenvalue weighted by Crippen LogP contribution is 2.31. The molecular weight excluding hydrogens is 212 g/mol. The molecule has 0 saturated carbocycles. The third-order valence-corrected chi connectivity index (χ3v) is 3.12. The molecule has 0 amide bonds. The molecule has 1 aliphatic heterocycles. The molecule has 82 valence electrons. The lowest BCUT2D eigenvalue weighted by Crippen LogP contribution is -2.32. The number of halogens is 1. The van der Waals surface area contributed by atoms with Gasteiger partial charge in [0.1, 0.15) is 0 Å². The van der Waals surface area contributed by atoms with E-state index >= 15 is 0 Å². The van der Waals surface area contributed by atoms with Gasteiger partial charge in [-0.1, -0.05) is 11.6 Å². The Bertz CT molecular complexity index is 356. The molecule has 4 heteroatoms. The fourth-order valence-electron chi connectivity index (χ4n) is 2.13. The molecule has 1 fully saturated rings. The van der Waals surface area contributed by atoms with Crippen LogP contribution in [0, 0.1) is 0 Å². The van der Waals surface area contributed by atoms with E-state index in [4.69, 9.17) is 17.3 Å². The molecule has 1 heterocycles. The van der Waals surface area contributed by atoms with Crippen molar-refractivity contribution in [2.45, 2.75) is 18.9 Å². The van der Waals surface area contributed by atoms with E-state index in [1.54, 1.807) is 6.07 Å². The zero-order valence-corrected chi connectivity index (χ0v) is 9.24. The number of benzene rings is 1. The van der Waals surface area contributed by atoms with E-state index in [9.17, 15) is 5.11 Å². The molecule has 3 N–H and O–H groups in total. The van der Waals surface area contributed by atoms with Crippen molar-refractivity contribution in [2.24, 2.45) is 0 Å². The predicted octanol–water partition coefficient (Wildman–Crippen LogP) is 1.88. The normalized spacial score (nSPS) is 20.9. The highest BCUT2D eigenvalue weighted by Gasteiger charge is 2.25. The van der Waals surface area contributed by atoms with Crippen LogP contribution in [-0.2, 0) is 0 Å². The summed E-state index contributed by atoms with van der Waals surface area (Å²) in [6.45, 7) is 1.14. The van der Waals surface area contributed by atoms with Crippen LogP contribution in [0.25, 0.3) is 0 Å². The molecule has 1 aromatic carbocycles. The molecule has 0 spiro atoms. The van der Waals surface area contributed by atoms with Gasteiger partial charge in [0.15, 0.2) is 0 Å². The van der Waals surface area contributed by atoms with Gasteiger partial charge in [0.25, 0.3) is 0 Å². The molecule has 0 bridgehead atoms. The van der Waals surface area contributed by atoms with Gasteiger partial charge >= 0.3 is 0 Å². The Morgan fingerprint density at radius 3 is 3.00 bits per heavy atom. The van der Waals surface area contributed by atoms with Gasteiger partial charge in [0.2, 0.25) is 0 Å². The summed E-state index contributed by atoms with van der Waals surface area (Å²) in [5.41, 5.74) is 7.58. The summed E-state index contributed by atoms with van der Waals surface area (Å²) in [5.74, 6) is 0. The van der Waals surface area contributed by atoms with Crippen LogP contribution < -0.4 is 10.6 Å². The number of nitrogens with zero attached hydrogens (tertiary/aromatic N) is 1. The summed E-state index contributed by atoms with van der Waals surface area (Å²) in [6, 6.07) is 5.71.